The molecule has 0 saturated heterocycles. The van der Waals surface area contributed by atoms with E-state index in [1.54, 1.807) is 0 Å². The van der Waals surface area contributed by atoms with Gasteiger partial charge in [-0.1, -0.05) is 50.1 Å². The van der Waals surface area contributed by atoms with Gasteiger partial charge in [0.2, 0.25) is 0 Å². The summed E-state index contributed by atoms with van der Waals surface area (Å²) in [5.74, 6) is 0.480. The van der Waals surface area contributed by atoms with Gasteiger partial charge in [0.1, 0.15) is 0 Å². The van der Waals surface area contributed by atoms with E-state index in [2.05, 4.69) is 41.8 Å². The van der Waals surface area contributed by atoms with Crippen LogP contribution in [0.5, 0.6) is 0 Å². The van der Waals surface area contributed by atoms with Crippen LogP contribution >= 0.6 is 0 Å². The van der Waals surface area contributed by atoms with E-state index in [9.17, 15) is 4.79 Å². The molecule has 1 aromatic rings. The lowest BCUT2D eigenvalue weighted by molar-refractivity contribution is 0.237. The van der Waals surface area contributed by atoms with E-state index in [4.69, 9.17) is 0 Å². The molecule has 0 radical (unpaired) electrons. The minimum Gasteiger partial charge on any atom is -0.338 e. The van der Waals surface area contributed by atoms with Crippen LogP contribution in [0.2, 0.25) is 0 Å². The zero-order valence-electron chi connectivity index (χ0n) is 11.7. The molecule has 1 unspecified atom stereocenters. The van der Waals surface area contributed by atoms with Crippen molar-refractivity contribution in [3.63, 3.8) is 0 Å². The van der Waals surface area contributed by atoms with Crippen molar-refractivity contribution >= 4 is 6.03 Å². The first-order valence-corrected chi connectivity index (χ1v) is 7.35. The van der Waals surface area contributed by atoms with E-state index in [0.717, 1.165) is 25.8 Å². The fraction of sp³-hybridized carbons (Fsp3) is 0.562. The summed E-state index contributed by atoms with van der Waals surface area (Å²) in [4.78, 5) is 11.7. The van der Waals surface area contributed by atoms with Gasteiger partial charge in [-0.3, -0.25) is 0 Å². The molecule has 1 atom stereocenters. The van der Waals surface area contributed by atoms with Gasteiger partial charge in [0, 0.05) is 12.6 Å². The van der Waals surface area contributed by atoms with E-state index in [-0.39, 0.29) is 6.03 Å². The van der Waals surface area contributed by atoms with E-state index in [1.165, 1.54) is 18.4 Å². The fourth-order valence-electron chi connectivity index (χ4n) is 2.66. The van der Waals surface area contributed by atoms with E-state index in [1.807, 2.05) is 6.07 Å². The molecule has 1 aliphatic rings. The molecular weight excluding hydrogens is 236 g/mol. The smallest absolute Gasteiger partial charge is 0.315 e. The number of carbonyl (C=O) groups is 1. The first-order valence-electron chi connectivity index (χ1n) is 7.35. The number of carbonyl (C=O) groups excluding carboxylic acids is 1. The second-order valence-electron chi connectivity index (χ2n) is 5.48. The summed E-state index contributed by atoms with van der Waals surface area (Å²) in [5.41, 5.74) is 1.33. The molecule has 2 amide bonds. The fourth-order valence-corrected chi connectivity index (χ4v) is 2.66. The highest BCUT2D eigenvalue weighted by atomic mass is 16.2. The maximum Gasteiger partial charge on any atom is 0.315 e. The number of amides is 2. The Hall–Kier alpha value is -1.51. The van der Waals surface area contributed by atoms with Crippen LogP contribution in [0, 0.1) is 0 Å². The average Bonchev–Trinajstić information content (AvgIpc) is 2.92. The van der Waals surface area contributed by atoms with Crippen molar-refractivity contribution in [3.8, 4) is 0 Å². The third-order valence-corrected chi connectivity index (χ3v) is 3.92. The zero-order chi connectivity index (χ0) is 13.5. The first-order chi connectivity index (χ1) is 9.25. The first kappa shape index (κ1) is 13.9. The van der Waals surface area contributed by atoms with Crippen LogP contribution in [0.4, 0.5) is 4.79 Å². The molecule has 3 nitrogen and oxygen atoms in total. The number of urea groups is 1. The highest BCUT2D eigenvalue weighted by molar-refractivity contribution is 5.74. The van der Waals surface area contributed by atoms with Crippen molar-refractivity contribution in [1.82, 2.24) is 10.6 Å². The Morgan fingerprint density at radius 2 is 1.95 bits per heavy atom. The van der Waals surface area contributed by atoms with Gasteiger partial charge < -0.3 is 10.6 Å². The van der Waals surface area contributed by atoms with E-state index in [0.29, 0.717) is 12.0 Å². The molecule has 1 fully saturated rings. The molecule has 19 heavy (non-hydrogen) atoms. The molecule has 1 aromatic carbocycles. The van der Waals surface area contributed by atoms with Gasteiger partial charge in [-0.05, 0) is 30.7 Å². The summed E-state index contributed by atoms with van der Waals surface area (Å²) in [6.07, 6.45) is 5.73. The Labute approximate surface area is 115 Å². The number of hydrogen-bond acceptors (Lipinski definition) is 1. The average molecular weight is 260 g/mol. The summed E-state index contributed by atoms with van der Waals surface area (Å²) < 4.78 is 0. The van der Waals surface area contributed by atoms with Gasteiger partial charge in [0.05, 0.1) is 0 Å². The second kappa shape index (κ2) is 7.17. The minimum atomic E-state index is -0.00726. The largest absolute Gasteiger partial charge is 0.338 e. The van der Waals surface area contributed by atoms with Crippen molar-refractivity contribution in [2.24, 2.45) is 0 Å². The summed E-state index contributed by atoms with van der Waals surface area (Å²) in [7, 11) is 0. The summed E-state index contributed by atoms with van der Waals surface area (Å²) >= 11 is 0. The Morgan fingerprint density at radius 1 is 1.26 bits per heavy atom. The van der Waals surface area contributed by atoms with Gasteiger partial charge in [0.25, 0.3) is 0 Å². The quantitative estimate of drug-likeness (QED) is 0.836. The van der Waals surface area contributed by atoms with Crippen LogP contribution in [-0.4, -0.2) is 18.6 Å². The third kappa shape index (κ3) is 4.58. The molecule has 3 heteroatoms. The van der Waals surface area contributed by atoms with E-state index < -0.39 is 0 Å². The molecule has 0 aliphatic heterocycles. The zero-order valence-corrected chi connectivity index (χ0v) is 11.7. The third-order valence-electron chi connectivity index (χ3n) is 3.92. The highest BCUT2D eigenvalue weighted by Gasteiger charge is 2.16. The number of nitrogens with one attached hydrogen (secondary N) is 2. The van der Waals surface area contributed by atoms with Crippen LogP contribution < -0.4 is 10.6 Å². The Kier molecular flexibility index (Phi) is 5.25. The second-order valence-corrected chi connectivity index (χ2v) is 5.48. The van der Waals surface area contributed by atoms with Crippen molar-refractivity contribution in [3.05, 3.63) is 35.9 Å². The SMILES string of the molecule is CC(CCNC(=O)NC1CCCC1)c1ccccc1. The number of benzene rings is 1. The summed E-state index contributed by atoms with van der Waals surface area (Å²) in [5, 5.41) is 6.00. The minimum absolute atomic E-state index is 0.00726. The molecule has 2 N–H and O–H groups in total. The number of hydrogen-bond donors (Lipinski definition) is 2. The van der Waals surface area contributed by atoms with Crippen LogP contribution in [0.1, 0.15) is 50.5 Å². The van der Waals surface area contributed by atoms with Gasteiger partial charge >= 0.3 is 6.03 Å². The van der Waals surface area contributed by atoms with Crippen molar-refractivity contribution in [2.75, 3.05) is 6.54 Å². The lowest BCUT2D eigenvalue weighted by Crippen LogP contribution is -2.41. The lowest BCUT2D eigenvalue weighted by atomic mass is 9.98. The highest BCUT2D eigenvalue weighted by Crippen LogP contribution is 2.18. The molecule has 2 rings (SSSR count). The van der Waals surface area contributed by atoms with Crippen LogP contribution in [0.15, 0.2) is 30.3 Å². The predicted octanol–water partition coefficient (Wildman–Crippen LogP) is 3.42. The Balaban J connectivity index is 1.64. The molecule has 104 valence electrons. The number of rotatable bonds is 5. The molecule has 1 aliphatic carbocycles. The molecule has 0 heterocycles. The van der Waals surface area contributed by atoms with Crippen molar-refractivity contribution in [1.29, 1.82) is 0 Å². The van der Waals surface area contributed by atoms with Gasteiger partial charge in [-0.2, -0.15) is 0 Å². The van der Waals surface area contributed by atoms with Gasteiger partial charge in [0.15, 0.2) is 0 Å². The molecule has 0 bridgehead atoms. The molecule has 1 saturated carbocycles. The predicted molar refractivity (Wildman–Crippen MR) is 78.3 cm³/mol. The standard InChI is InChI=1S/C16H24N2O/c1-13(14-7-3-2-4-8-14)11-12-17-16(19)18-15-9-5-6-10-15/h2-4,7-8,13,15H,5-6,9-12H2,1H3,(H2,17,18,19). The summed E-state index contributed by atoms with van der Waals surface area (Å²) in [6.45, 7) is 2.93. The van der Waals surface area contributed by atoms with Crippen LogP contribution in [0.3, 0.4) is 0 Å². The van der Waals surface area contributed by atoms with Crippen molar-refractivity contribution < 1.29 is 4.79 Å². The molecule has 0 aromatic heterocycles. The lowest BCUT2D eigenvalue weighted by Gasteiger charge is -2.15. The maximum absolute atomic E-state index is 11.7. The Bertz CT molecular complexity index is 385. The van der Waals surface area contributed by atoms with E-state index >= 15 is 0 Å². The Morgan fingerprint density at radius 3 is 2.63 bits per heavy atom. The maximum atomic E-state index is 11.7. The van der Waals surface area contributed by atoms with Crippen LogP contribution in [0.25, 0.3) is 0 Å². The summed E-state index contributed by atoms with van der Waals surface area (Å²) in [6, 6.07) is 10.8. The van der Waals surface area contributed by atoms with Crippen LogP contribution in [-0.2, 0) is 0 Å². The van der Waals surface area contributed by atoms with Gasteiger partial charge in [-0.25, -0.2) is 4.79 Å². The molecule has 0 spiro atoms. The van der Waals surface area contributed by atoms with Gasteiger partial charge in [-0.15, -0.1) is 0 Å². The normalized spacial score (nSPS) is 17.1. The monoisotopic (exact) mass is 260 g/mol. The van der Waals surface area contributed by atoms with Crippen molar-refractivity contribution in [2.45, 2.75) is 51.0 Å². The topological polar surface area (TPSA) is 41.1 Å². The molecular formula is C16H24N2O.